The molecule has 0 spiro atoms. The number of benzene rings is 1. The maximum atomic E-state index is 14.0. The Balaban J connectivity index is 1.58. The van der Waals surface area contributed by atoms with Gasteiger partial charge in [0.2, 0.25) is 5.88 Å². The zero-order valence-corrected chi connectivity index (χ0v) is 21.3. The van der Waals surface area contributed by atoms with E-state index in [-0.39, 0.29) is 41.7 Å². The molecule has 1 aromatic carbocycles. The molecule has 0 aliphatic heterocycles. The fraction of sp³-hybridized carbons (Fsp3) is 0.125. The third-order valence-electron chi connectivity index (χ3n) is 4.86. The summed E-state index contributed by atoms with van der Waals surface area (Å²) in [4.78, 5) is 12.9. The molecule has 0 fully saturated rings. The van der Waals surface area contributed by atoms with Crippen molar-refractivity contribution in [3.63, 3.8) is 0 Å². The number of thioether (sulfide) groups is 1. The van der Waals surface area contributed by atoms with Crippen LogP contribution >= 0.6 is 34.7 Å². The molecule has 13 heteroatoms. The first-order valence-corrected chi connectivity index (χ1v) is 12.8. The van der Waals surface area contributed by atoms with E-state index in [4.69, 9.17) is 27.2 Å². The van der Waals surface area contributed by atoms with E-state index in [1.807, 2.05) is 6.07 Å². The number of halogens is 2. The highest BCUT2D eigenvalue weighted by Crippen LogP contribution is 2.37. The van der Waals surface area contributed by atoms with Gasteiger partial charge < -0.3 is 20.9 Å². The van der Waals surface area contributed by atoms with Crippen LogP contribution in [0.2, 0.25) is 5.02 Å². The van der Waals surface area contributed by atoms with Crippen LogP contribution in [0.4, 0.5) is 21.0 Å². The number of aliphatic hydroxyl groups is 1. The zero-order valence-electron chi connectivity index (χ0n) is 18.9. The number of thiazole rings is 1. The molecule has 4 N–H and O–H groups in total. The summed E-state index contributed by atoms with van der Waals surface area (Å²) in [7, 11) is 0. The van der Waals surface area contributed by atoms with Crippen LogP contribution in [0.5, 0.6) is 5.88 Å². The number of aromatic nitrogens is 3. The van der Waals surface area contributed by atoms with Gasteiger partial charge in [-0.3, -0.25) is 0 Å². The predicted molar refractivity (Wildman–Crippen MR) is 140 cm³/mol. The van der Waals surface area contributed by atoms with Gasteiger partial charge >= 0.3 is 0 Å². The number of ether oxygens (including phenoxy) is 1. The lowest BCUT2D eigenvalue weighted by molar-refractivity contribution is 0.196. The van der Waals surface area contributed by atoms with E-state index in [0.29, 0.717) is 37.8 Å². The molecule has 0 saturated carbocycles. The molecule has 0 aliphatic carbocycles. The minimum absolute atomic E-state index is 0.0170. The number of hydrogen-bond donors (Lipinski definition) is 3. The van der Waals surface area contributed by atoms with Gasteiger partial charge in [0, 0.05) is 39.5 Å². The van der Waals surface area contributed by atoms with Gasteiger partial charge in [-0.2, -0.15) is 10.5 Å². The van der Waals surface area contributed by atoms with Crippen molar-refractivity contribution in [3.05, 3.63) is 69.6 Å². The van der Waals surface area contributed by atoms with Gasteiger partial charge in [0.25, 0.3) is 0 Å². The molecule has 0 bridgehead atoms. The molecular formula is C24H17ClFN7O2S2. The summed E-state index contributed by atoms with van der Waals surface area (Å²) in [6.07, 6.45) is 1.46. The largest absolute Gasteiger partial charge is 0.475 e. The lowest BCUT2D eigenvalue weighted by atomic mass is 9.98. The van der Waals surface area contributed by atoms with Gasteiger partial charge in [-0.15, -0.1) is 11.3 Å². The lowest BCUT2D eigenvalue weighted by Crippen LogP contribution is -2.05. The number of nitrogens with one attached hydrogen (secondary N) is 1. The van der Waals surface area contributed by atoms with Crippen LogP contribution in [0.25, 0.3) is 11.1 Å². The molecule has 3 heterocycles. The predicted octanol–water partition coefficient (Wildman–Crippen LogP) is 5.13. The number of nitrogen functional groups attached to an aromatic ring is 1. The van der Waals surface area contributed by atoms with E-state index in [0.717, 1.165) is 0 Å². The Morgan fingerprint density at radius 2 is 2.00 bits per heavy atom. The minimum Gasteiger partial charge on any atom is -0.475 e. The third-order valence-corrected chi connectivity index (χ3v) is 6.91. The molecular weight excluding hydrogens is 537 g/mol. The van der Waals surface area contributed by atoms with Gasteiger partial charge in [0.15, 0.2) is 5.13 Å². The number of rotatable bonds is 9. The van der Waals surface area contributed by atoms with E-state index >= 15 is 0 Å². The number of pyridine rings is 2. The first-order valence-electron chi connectivity index (χ1n) is 10.6. The fourth-order valence-electron chi connectivity index (χ4n) is 3.24. The van der Waals surface area contributed by atoms with Crippen molar-refractivity contribution in [2.75, 3.05) is 24.3 Å². The molecule has 4 aromatic rings. The number of nitrogens with zero attached hydrogens (tertiary/aromatic N) is 5. The second-order valence-electron chi connectivity index (χ2n) is 7.29. The fourth-order valence-corrected chi connectivity index (χ4v) is 5.12. The highest BCUT2D eigenvalue weighted by atomic mass is 35.5. The third kappa shape index (κ3) is 6.07. The first-order chi connectivity index (χ1) is 17.9. The Kier molecular flexibility index (Phi) is 8.38. The maximum absolute atomic E-state index is 14.0. The molecule has 186 valence electrons. The van der Waals surface area contributed by atoms with Crippen LogP contribution in [-0.2, 0) is 5.75 Å². The van der Waals surface area contributed by atoms with Gasteiger partial charge in [-0.25, -0.2) is 19.3 Å². The monoisotopic (exact) mass is 553 g/mol. The van der Waals surface area contributed by atoms with Crippen LogP contribution in [-0.4, -0.2) is 33.3 Å². The summed E-state index contributed by atoms with van der Waals surface area (Å²) >= 11 is 8.46. The molecule has 4 rings (SSSR count). The van der Waals surface area contributed by atoms with Crippen LogP contribution in [0.1, 0.15) is 16.8 Å². The summed E-state index contributed by atoms with van der Waals surface area (Å²) in [6.45, 7) is -0.0692. The van der Waals surface area contributed by atoms with Crippen molar-refractivity contribution >= 4 is 51.3 Å². The minimum atomic E-state index is -0.457. The van der Waals surface area contributed by atoms with E-state index in [9.17, 15) is 14.9 Å². The highest BCUT2D eigenvalue weighted by molar-refractivity contribution is 7.98. The van der Waals surface area contributed by atoms with Crippen molar-refractivity contribution in [2.24, 2.45) is 0 Å². The Bertz CT molecular complexity index is 1520. The lowest BCUT2D eigenvalue weighted by Gasteiger charge is -2.13. The SMILES string of the molecule is N#Cc1c(N)nc(SCc2csc(Nc3cc(Cl)ccc3F)n2)c(C#N)c1-c1ccc(OCCO)nc1. The maximum Gasteiger partial charge on any atom is 0.213 e. The first kappa shape index (κ1) is 26.1. The summed E-state index contributed by atoms with van der Waals surface area (Å²) in [6, 6.07) is 11.6. The molecule has 0 unspecified atom stereocenters. The summed E-state index contributed by atoms with van der Waals surface area (Å²) in [5.74, 6) is 0.157. The zero-order chi connectivity index (χ0) is 26.4. The molecule has 0 saturated heterocycles. The van der Waals surface area contributed by atoms with Gasteiger partial charge in [-0.05, 0) is 24.3 Å². The normalized spacial score (nSPS) is 10.5. The molecule has 0 atom stereocenters. The van der Waals surface area contributed by atoms with Crippen molar-refractivity contribution in [3.8, 4) is 29.1 Å². The number of hydrogen-bond acceptors (Lipinski definition) is 11. The quantitative estimate of drug-likeness (QED) is 0.238. The summed E-state index contributed by atoms with van der Waals surface area (Å²) in [5, 5.41) is 34.5. The standard InChI is InChI=1S/C24H17ClFN7O2S2/c25-14-2-3-18(26)19(7-14)32-24-31-15(12-37-24)11-36-23-17(9-28)21(16(8-27)22(29)33-23)13-1-4-20(30-10-13)35-6-5-34/h1-4,7,10,12,34H,5-6,11H2,(H2,29,33)(H,31,32). The molecule has 0 aliphatic rings. The molecule has 9 nitrogen and oxygen atoms in total. The van der Waals surface area contributed by atoms with Crippen molar-refractivity contribution in [1.29, 1.82) is 10.5 Å². The van der Waals surface area contributed by atoms with Gasteiger partial charge in [0.1, 0.15) is 41.0 Å². The summed E-state index contributed by atoms with van der Waals surface area (Å²) in [5.41, 5.74) is 8.00. The van der Waals surface area contributed by atoms with Crippen LogP contribution in [0.15, 0.2) is 46.9 Å². The second kappa shape index (κ2) is 11.9. The Labute approximate surface area is 224 Å². The Morgan fingerprint density at radius 3 is 2.70 bits per heavy atom. The van der Waals surface area contributed by atoms with Crippen LogP contribution in [0, 0.1) is 28.5 Å². The number of nitrogens with two attached hydrogens (primary N) is 1. The Morgan fingerprint density at radius 1 is 1.19 bits per heavy atom. The topological polar surface area (TPSA) is 154 Å². The summed E-state index contributed by atoms with van der Waals surface area (Å²) < 4.78 is 19.3. The Hall–Kier alpha value is -3.94. The van der Waals surface area contributed by atoms with Crippen molar-refractivity contribution < 1.29 is 14.2 Å². The molecule has 37 heavy (non-hydrogen) atoms. The van der Waals surface area contributed by atoms with Crippen LogP contribution < -0.4 is 15.8 Å². The number of aliphatic hydroxyl groups excluding tert-OH is 1. The van der Waals surface area contributed by atoms with Crippen LogP contribution in [0.3, 0.4) is 0 Å². The average molecular weight is 554 g/mol. The smallest absolute Gasteiger partial charge is 0.213 e. The van der Waals surface area contributed by atoms with Crippen molar-refractivity contribution in [1.82, 2.24) is 15.0 Å². The van der Waals surface area contributed by atoms with Crippen molar-refractivity contribution in [2.45, 2.75) is 10.8 Å². The molecule has 0 radical (unpaired) electrons. The van der Waals surface area contributed by atoms with E-state index in [1.54, 1.807) is 17.5 Å². The molecule has 3 aromatic heterocycles. The van der Waals surface area contributed by atoms with E-state index in [1.165, 1.54) is 47.5 Å². The van der Waals surface area contributed by atoms with Gasteiger partial charge in [-0.1, -0.05) is 23.4 Å². The average Bonchev–Trinajstić information content (AvgIpc) is 3.35. The highest BCUT2D eigenvalue weighted by Gasteiger charge is 2.21. The number of nitriles is 2. The van der Waals surface area contributed by atoms with Gasteiger partial charge in [0.05, 0.1) is 23.6 Å². The second-order valence-corrected chi connectivity index (χ2v) is 9.55. The number of anilines is 3. The van der Waals surface area contributed by atoms with E-state index < -0.39 is 5.82 Å². The molecule has 0 amide bonds. The van der Waals surface area contributed by atoms with E-state index in [2.05, 4.69) is 26.3 Å².